The molecule has 2 atom stereocenters. The summed E-state index contributed by atoms with van der Waals surface area (Å²) in [6.07, 6.45) is -2.80. The summed E-state index contributed by atoms with van der Waals surface area (Å²) in [7, 11) is 0. The minimum absolute atomic E-state index is 0.0906. The van der Waals surface area contributed by atoms with Crippen molar-refractivity contribution in [1.82, 2.24) is 15.1 Å². The Morgan fingerprint density at radius 3 is 2.42 bits per heavy atom. The summed E-state index contributed by atoms with van der Waals surface area (Å²) in [6.45, 7) is 8.99. The molecular formula is C22H30F3N3O4S. The van der Waals surface area contributed by atoms with Crippen LogP contribution in [0.2, 0.25) is 0 Å². The molecule has 1 spiro atoms. The van der Waals surface area contributed by atoms with E-state index in [2.05, 4.69) is 24.1 Å². The highest BCUT2D eigenvalue weighted by Gasteiger charge is 2.57. The lowest BCUT2D eigenvalue weighted by molar-refractivity contribution is -0.192. The van der Waals surface area contributed by atoms with Crippen molar-refractivity contribution in [2.75, 3.05) is 32.7 Å². The first-order chi connectivity index (χ1) is 15.4. The molecule has 3 aliphatic rings. The number of halogens is 3. The lowest BCUT2D eigenvalue weighted by Crippen LogP contribution is -2.56. The van der Waals surface area contributed by atoms with Crippen LogP contribution in [0.15, 0.2) is 16.8 Å². The highest BCUT2D eigenvalue weighted by Crippen LogP contribution is 2.44. The molecule has 7 nitrogen and oxygen atoms in total. The first-order valence-corrected chi connectivity index (χ1v) is 12.0. The molecule has 0 saturated carbocycles. The number of piperidine rings is 1. The van der Waals surface area contributed by atoms with Crippen LogP contribution in [-0.2, 0) is 20.8 Å². The molecule has 1 aromatic heterocycles. The van der Waals surface area contributed by atoms with E-state index in [0.29, 0.717) is 18.3 Å². The molecule has 184 valence electrons. The zero-order chi connectivity index (χ0) is 24.4. The molecule has 2 N–H and O–H groups in total. The van der Waals surface area contributed by atoms with Crippen LogP contribution in [0.1, 0.15) is 32.3 Å². The predicted molar refractivity (Wildman–Crippen MR) is 117 cm³/mol. The van der Waals surface area contributed by atoms with Gasteiger partial charge in [0.1, 0.15) is 0 Å². The van der Waals surface area contributed by atoms with Crippen molar-refractivity contribution in [2.45, 2.75) is 44.8 Å². The lowest BCUT2D eigenvalue weighted by Gasteiger charge is -2.43. The van der Waals surface area contributed by atoms with E-state index < -0.39 is 12.1 Å². The van der Waals surface area contributed by atoms with E-state index in [4.69, 9.17) is 9.90 Å². The normalized spacial score (nSPS) is 24.4. The van der Waals surface area contributed by atoms with Crippen molar-refractivity contribution < 1.29 is 32.7 Å². The van der Waals surface area contributed by atoms with E-state index in [1.807, 2.05) is 21.7 Å². The summed E-state index contributed by atoms with van der Waals surface area (Å²) in [5, 5.41) is 14.5. The topological polar surface area (TPSA) is 90.0 Å². The number of hydrogen-bond acceptors (Lipinski definition) is 5. The number of nitrogens with zero attached hydrogens (tertiary/aromatic N) is 2. The molecule has 4 rings (SSSR count). The minimum Gasteiger partial charge on any atom is -0.475 e. The van der Waals surface area contributed by atoms with Crippen molar-refractivity contribution in [1.29, 1.82) is 0 Å². The first kappa shape index (κ1) is 25.5. The van der Waals surface area contributed by atoms with Crippen LogP contribution >= 0.6 is 11.3 Å². The second kappa shape index (κ2) is 10.0. The number of carbonyl (C=O) groups is 3. The molecule has 3 aliphatic heterocycles. The Bertz CT molecular complexity index is 852. The van der Waals surface area contributed by atoms with Gasteiger partial charge in [0.05, 0.1) is 12.3 Å². The number of likely N-dealkylation sites (tertiary alicyclic amines) is 2. The molecule has 1 aromatic rings. The standard InChI is InChI=1S/C20H29N3O2S.C2HF3O2/c1-14(2)10-22-11-16-17(12-22)20(21-19(16)25)4-6-23(7-5-20)18(24)9-15-3-8-26-13-15;3-2(4,5)1(6)7/h3,8,13-14,16-17H,4-7,9-12H2,1-2H3,(H,21,25);(H,6,7)/t16-,17+;/m1./s1. The maximum absolute atomic E-state index is 12.6. The van der Waals surface area contributed by atoms with Crippen LogP contribution in [0.3, 0.4) is 0 Å². The number of hydrogen-bond donors (Lipinski definition) is 2. The summed E-state index contributed by atoms with van der Waals surface area (Å²) in [6, 6.07) is 2.03. The maximum Gasteiger partial charge on any atom is 0.490 e. The van der Waals surface area contributed by atoms with Crippen molar-refractivity contribution >= 4 is 29.1 Å². The molecule has 11 heteroatoms. The maximum atomic E-state index is 12.6. The first-order valence-electron chi connectivity index (χ1n) is 11.0. The smallest absolute Gasteiger partial charge is 0.475 e. The molecule has 2 amide bonds. The van der Waals surface area contributed by atoms with Gasteiger partial charge in [-0.05, 0) is 41.1 Å². The highest BCUT2D eigenvalue weighted by molar-refractivity contribution is 7.08. The van der Waals surface area contributed by atoms with Crippen LogP contribution in [0.4, 0.5) is 13.2 Å². The Morgan fingerprint density at radius 2 is 1.91 bits per heavy atom. The van der Waals surface area contributed by atoms with Gasteiger partial charge in [0.25, 0.3) is 0 Å². The number of fused-ring (bicyclic) bond motifs is 2. The van der Waals surface area contributed by atoms with Crippen LogP contribution in [0.5, 0.6) is 0 Å². The molecule has 0 aromatic carbocycles. The number of aliphatic carboxylic acids is 1. The van der Waals surface area contributed by atoms with E-state index >= 15 is 0 Å². The fraction of sp³-hybridized carbons (Fsp3) is 0.682. The Morgan fingerprint density at radius 1 is 1.27 bits per heavy atom. The third kappa shape index (κ3) is 6.06. The van der Waals surface area contributed by atoms with Gasteiger partial charge in [-0.3, -0.25) is 9.59 Å². The molecule has 0 aliphatic carbocycles. The summed E-state index contributed by atoms with van der Waals surface area (Å²) in [5.74, 6) is -1.13. The van der Waals surface area contributed by atoms with Crippen LogP contribution in [-0.4, -0.2) is 77.1 Å². The summed E-state index contributed by atoms with van der Waals surface area (Å²) >= 11 is 1.64. The van der Waals surface area contributed by atoms with Crippen LogP contribution in [0.25, 0.3) is 0 Å². The monoisotopic (exact) mass is 489 g/mol. The van der Waals surface area contributed by atoms with Gasteiger partial charge in [-0.2, -0.15) is 24.5 Å². The Kier molecular flexibility index (Phi) is 7.73. The van der Waals surface area contributed by atoms with Gasteiger partial charge >= 0.3 is 12.1 Å². The van der Waals surface area contributed by atoms with Crippen LogP contribution < -0.4 is 5.32 Å². The summed E-state index contributed by atoms with van der Waals surface area (Å²) in [5.41, 5.74) is 1.02. The van der Waals surface area contributed by atoms with Gasteiger partial charge in [0.2, 0.25) is 11.8 Å². The number of amides is 2. The molecule has 4 heterocycles. The summed E-state index contributed by atoms with van der Waals surface area (Å²) < 4.78 is 31.7. The zero-order valence-corrected chi connectivity index (χ0v) is 19.5. The number of alkyl halides is 3. The molecule has 33 heavy (non-hydrogen) atoms. The summed E-state index contributed by atoms with van der Waals surface area (Å²) in [4.78, 5) is 38.5. The van der Waals surface area contributed by atoms with E-state index in [1.54, 1.807) is 11.3 Å². The molecule has 3 saturated heterocycles. The van der Waals surface area contributed by atoms with Crippen molar-refractivity contribution in [2.24, 2.45) is 17.8 Å². The Hall–Kier alpha value is -2.14. The third-order valence-electron chi connectivity index (χ3n) is 6.62. The molecule has 0 unspecified atom stereocenters. The van der Waals surface area contributed by atoms with Gasteiger partial charge in [-0.15, -0.1) is 0 Å². The second-order valence-electron chi connectivity index (χ2n) is 9.46. The Balaban J connectivity index is 0.000000383. The van der Waals surface area contributed by atoms with Crippen molar-refractivity contribution in [3.8, 4) is 0 Å². The van der Waals surface area contributed by atoms with Gasteiger partial charge in [-0.25, -0.2) is 4.79 Å². The quantitative estimate of drug-likeness (QED) is 0.679. The van der Waals surface area contributed by atoms with E-state index in [-0.39, 0.29) is 23.3 Å². The molecular weight excluding hydrogens is 459 g/mol. The number of carboxylic acid groups (broad SMARTS) is 1. The highest BCUT2D eigenvalue weighted by atomic mass is 32.1. The minimum atomic E-state index is -5.08. The predicted octanol–water partition coefficient (Wildman–Crippen LogP) is 2.62. The second-order valence-corrected chi connectivity index (χ2v) is 10.2. The average Bonchev–Trinajstić information content (AvgIpc) is 3.42. The molecule has 0 radical (unpaired) electrons. The molecule has 0 bridgehead atoms. The zero-order valence-electron chi connectivity index (χ0n) is 18.7. The lowest BCUT2D eigenvalue weighted by atomic mass is 9.75. The molecule has 3 fully saturated rings. The van der Waals surface area contributed by atoms with Crippen molar-refractivity contribution in [3.63, 3.8) is 0 Å². The Labute approximate surface area is 194 Å². The van der Waals surface area contributed by atoms with E-state index in [1.165, 1.54) is 0 Å². The fourth-order valence-corrected chi connectivity index (χ4v) is 5.81. The van der Waals surface area contributed by atoms with Gasteiger partial charge < -0.3 is 20.2 Å². The number of carbonyl (C=O) groups excluding carboxylic acids is 2. The van der Waals surface area contributed by atoms with E-state index in [0.717, 1.165) is 51.1 Å². The van der Waals surface area contributed by atoms with Gasteiger partial charge in [0, 0.05) is 44.2 Å². The van der Waals surface area contributed by atoms with E-state index in [9.17, 15) is 22.8 Å². The van der Waals surface area contributed by atoms with Gasteiger partial charge in [-0.1, -0.05) is 13.8 Å². The fourth-order valence-electron chi connectivity index (χ4n) is 5.14. The number of thiophene rings is 1. The number of rotatable bonds is 4. The van der Waals surface area contributed by atoms with Gasteiger partial charge in [0.15, 0.2) is 0 Å². The average molecular weight is 490 g/mol. The number of carboxylic acids is 1. The third-order valence-corrected chi connectivity index (χ3v) is 7.36. The largest absolute Gasteiger partial charge is 0.490 e. The SMILES string of the molecule is CC(C)CN1C[C@H]2C(=O)NC3(CCN(C(=O)Cc4ccsc4)CC3)[C@H]2C1.O=C(O)C(F)(F)F. The number of nitrogens with one attached hydrogen (secondary N) is 1. The van der Waals surface area contributed by atoms with Crippen LogP contribution in [0, 0.1) is 17.8 Å². The van der Waals surface area contributed by atoms with Crippen molar-refractivity contribution in [3.05, 3.63) is 22.4 Å².